The molecule has 3 nitrogen and oxygen atoms in total. The lowest BCUT2D eigenvalue weighted by molar-refractivity contribution is 0.0949. The summed E-state index contributed by atoms with van der Waals surface area (Å²) in [6.45, 7) is 4.38. The number of carbonyl (C=O) groups is 1. The van der Waals surface area contributed by atoms with Crippen LogP contribution in [-0.4, -0.2) is 22.8 Å². The fourth-order valence-corrected chi connectivity index (χ4v) is 1.64. The van der Waals surface area contributed by atoms with Crippen LogP contribution in [0.3, 0.4) is 0 Å². The number of nitrogens with one attached hydrogen (secondary N) is 1. The molecule has 1 unspecified atom stereocenters. The first-order valence-electron chi connectivity index (χ1n) is 4.44. The highest BCUT2D eigenvalue weighted by Crippen LogP contribution is 2.07. The van der Waals surface area contributed by atoms with E-state index >= 15 is 0 Å². The molecule has 1 aromatic heterocycles. The molecule has 0 aliphatic rings. The van der Waals surface area contributed by atoms with Gasteiger partial charge in [-0.2, -0.15) is 0 Å². The first-order chi connectivity index (χ1) is 6.59. The zero-order valence-corrected chi connectivity index (χ0v) is 9.78. The Hall–Kier alpha value is -0.610. The number of hydrogen-bond acceptors (Lipinski definition) is 3. The van der Waals surface area contributed by atoms with Crippen LogP contribution in [-0.2, 0) is 0 Å². The summed E-state index contributed by atoms with van der Waals surface area (Å²) in [6.07, 6.45) is 0.774. The number of aromatic nitrogens is 1. The van der Waals surface area contributed by atoms with E-state index in [9.17, 15) is 4.79 Å². The summed E-state index contributed by atoms with van der Waals surface area (Å²) in [7, 11) is 0. The van der Waals surface area contributed by atoms with Gasteiger partial charge in [0.1, 0.15) is 5.69 Å². The molecule has 1 N–H and O–H groups in total. The Bertz CT molecular complexity index is 312. The van der Waals surface area contributed by atoms with Crippen molar-refractivity contribution < 1.29 is 4.79 Å². The molecule has 1 rings (SSSR count). The Morgan fingerprint density at radius 3 is 3.00 bits per heavy atom. The number of nitrogens with zero attached hydrogens (tertiary/aromatic N) is 1. The normalized spacial score (nSPS) is 12.5. The van der Waals surface area contributed by atoms with Crippen LogP contribution in [0, 0.1) is 6.92 Å². The molecule has 0 aliphatic heterocycles. The van der Waals surface area contributed by atoms with Crippen LogP contribution in [0.4, 0.5) is 0 Å². The number of thiazole rings is 1. The number of rotatable bonds is 4. The monoisotopic (exact) mass is 232 g/mol. The summed E-state index contributed by atoms with van der Waals surface area (Å²) in [6, 6.07) is 0. The maximum Gasteiger partial charge on any atom is 0.270 e. The zero-order chi connectivity index (χ0) is 10.6. The van der Waals surface area contributed by atoms with Crippen molar-refractivity contribution in [2.45, 2.75) is 25.6 Å². The average Bonchev–Trinajstić information content (AvgIpc) is 2.51. The number of aryl methyl sites for hydroxylation is 1. The molecule has 0 bridgehead atoms. The molecule has 0 fully saturated rings. The minimum absolute atomic E-state index is 0.0903. The predicted molar refractivity (Wildman–Crippen MR) is 59.1 cm³/mol. The van der Waals surface area contributed by atoms with Crippen LogP contribution in [0.5, 0.6) is 0 Å². The Labute approximate surface area is 92.5 Å². The van der Waals surface area contributed by atoms with Gasteiger partial charge < -0.3 is 5.32 Å². The van der Waals surface area contributed by atoms with Crippen molar-refractivity contribution in [3.05, 3.63) is 16.1 Å². The van der Waals surface area contributed by atoms with Gasteiger partial charge in [0.05, 0.1) is 5.01 Å². The van der Waals surface area contributed by atoms with Crippen LogP contribution in [0.25, 0.3) is 0 Å². The van der Waals surface area contributed by atoms with E-state index in [0.717, 1.165) is 11.4 Å². The third-order valence-corrected chi connectivity index (χ3v) is 2.67. The molecular formula is C9H13ClN2OS. The Kier molecular flexibility index (Phi) is 4.35. The summed E-state index contributed by atoms with van der Waals surface area (Å²) < 4.78 is 0. The Morgan fingerprint density at radius 1 is 1.79 bits per heavy atom. The lowest BCUT2D eigenvalue weighted by Crippen LogP contribution is -2.25. The Morgan fingerprint density at radius 2 is 2.50 bits per heavy atom. The van der Waals surface area contributed by atoms with E-state index in [1.54, 1.807) is 5.38 Å². The van der Waals surface area contributed by atoms with Gasteiger partial charge in [0.25, 0.3) is 5.91 Å². The fraction of sp³-hybridized carbons (Fsp3) is 0.556. The zero-order valence-electron chi connectivity index (χ0n) is 8.21. The third kappa shape index (κ3) is 3.64. The molecule has 78 valence electrons. The third-order valence-electron chi connectivity index (χ3n) is 1.68. The maximum atomic E-state index is 11.4. The second kappa shape index (κ2) is 5.32. The molecule has 1 amide bonds. The molecule has 0 saturated carbocycles. The van der Waals surface area contributed by atoms with Crippen LogP contribution in [0.1, 0.15) is 28.8 Å². The maximum absolute atomic E-state index is 11.4. The predicted octanol–water partition coefficient (Wildman–Crippen LogP) is 2.20. The number of amides is 1. The van der Waals surface area contributed by atoms with Crippen molar-refractivity contribution >= 4 is 28.8 Å². The van der Waals surface area contributed by atoms with Crippen LogP contribution >= 0.6 is 22.9 Å². The molecule has 5 heteroatoms. The smallest absolute Gasteiger partial charge is 0.270 e. The average molecular weight is 233 g/mol. The molecule has 14 heavy (non-hydrogen) atoms. The molecule has 1 heterocycles. The van der Waals surface area contributed by atoms with Crippen LogP contribution in [0.15, 0.2) is 5.38 Å². The van der Waals surface area contributed by atoms with Gasteiger partial charge in [-0.15, -0.1) is 22.9 Å². The number of hydrogen-bond donors (Lipinski definition) is 1. The highest BCUT2D eigenvalue weighted by molar-refractivity contribution is 7.09. The van der Waals surface area contributed by atoms with Gasteiger partial charge in [-0.25, -0.2) is 4.98 Å². The van der Waals surface area contributed by atoms with Gasteiger partial charge in [0, 0.05) is 17.3 Å². The lowest BCUT2D eigenvalue weighted by atomic mass is 10.3. The standard InChI is InChI=1S/C9H13ClN2OS/c1-6(10)3-4-11-9(13)8-5-14-7(2)12-8/h5-6H,3-4H2,1-2H3,(H,11,13). The van der Waals surface area contributed by atoms with E-state index in [4.69, 9.17) is 11.6 Å². The minimum Gasteiger partial charge on any atom is -0.351 e. The van der Waals surface area contributed by atoms with E-state index in [0.29, 0.717) is 12.2 Å². The van der Waals surface area contributed by atoms with Gasteiger partial charge in [-0.1, -0.05) is 0 Å². The molecule has 0 spiro atoms. The van der Waals surface area contributed by atoms with Crippen LogP contribution in [0.2, 0.25) is 0 Å². The molecule has 1 atom stereocenters. The summed E-state index contributed by atoms with van der Waals surface area (Å²) in [4.78, 5) is 15.5. The second-order valence-electron chi connectivity index (χ2n) is 3.08. The highest BCUT2D eigenvalue weighted by Gasteiger charge is 2.08. The van der Waals surface area contributed by atoms with Gasteiger partial charge in [0.15, 0.2) is 0 Å². The lowest BCUT2D eigenvalue weighted by Gasteiger charge is -2.03. The van der Waals surface area contributed by atoms with E-state index < -0.39 is 0 Å². The van der Waals surface area contributed by atoms with Gasteiger partial charge in [0.2, 0.25) is 0 Å². The van der Waals surface area contributed by atoms with Crippen molar-refractivity contribution in [2.75, 3.05) is 6.54 Å². The quantitative estimate of drug-likeness (QED) is 0.809. The topological polar surface area (TPSA) is 42.0 Å². The first kappa shape index (κ1) is 11.5. The van der Waals surface area contributed by atoms with Gasteiger partial charge >= 0.3 is 0 Å². The van der Waals surface area contributed by atoms with E-state index in [1.807, 2.05) is 13.8 Å². The van der Waals surface area contributed by atoms with Crippen molar-refractivity contribution in [1.29, 1.82) is 0 Å². The van der Waals surface area contributed by atoms with E-state index in [2.05, 4.69) is 10.3 Å². The molecule has 0 aromatic carbocycles. The highest BCUT2D eigenvalue weighted by atomic mass is 35.5. The molecular weight excluding hydrogens is 220 g/mol. The molecule has 0 aliphatic carbocycles. The Balaban J connectivity index is 2.36. The summed E-state index contributed by atoms with van der Waals surface area (Å²) in [5, 5.41) is 5.52. The summed E-state index contributed by atoms with van der Waals surface area (Å²) in [5.41, 5.74) is 0.495. The number of carbonyl (C=O) groups excluding carboxylic acids is 1. The van der Waals surface area contributed by atoms with Crippen molar-refractivity contribution in [3.63, 3.8) is 0 Å². The van der Waals surface area contributed by atoms with E-state index in [1.165, 1.54) is 11.3 Å². The van der Waals surface area contributed by atoms with Crippen molar-refractivity contribution in [2.24, 2.45) is 0 Å². The second-order valence-corrected chi connectivity index (χ2v) is 4.88. The minimum atomic E-state index is -0.119. The SMILES string of the molecule is Cc1nc(C(=O)NCCC(C)Cl)cs1. The van der Waals surface area contributed by atoms with Crippen molar-refractivity contribution in [1.82, 2.24) is 10.3 Å². The van der Waals surface area contributed by atoms with Crippen LogP contribution < -0.4 is 5.32 Å². The summed E-state index contributed by atoms with van der Waals surface area (Å²) in [5.74, 6) is -0.119. The van der Waals surface area contributed by atoms with Crippen molar-refractivity contribution in [3.8, 4) is 0 Å². The van der Waals surface area contributed by atoms with Gasteiger partial charge in [-0.05, 0) is 20.3 Å². The van der Waals surface area contributed by atoms with E-state index in [-0.39, 0.29) is 11.3 Å². The van der Waals surface area contributed by atoms with Gasteiger partial charge in [-0.3, -0.25) is 4.79 Å². The molecule has 1 aromatic rings. The molecule has 0 saturated heterocycles. The summed E-state index contributed by atoms with van der Waals surface area (Å²) >= 11 is 7.22. The first-order valence-corrected chi connectivity index (χ1v) is 5.75. The fourth-order valence-electron chi connectivity index (χ4n) is 0.943. The largest absolute Gasteiger partial charge is 0.351 e. The number of halogens is 1. The number of alkyl halides is 1. The molecule has 0 radical (unpaired) electrons.